The Morgan fingerprint density at radius 1 is 1.15 bits per heavy atom. The molecule has 134 valence electrons. The number of hydrogen-bond donors (Lipinski definition) is 1. The van der Waals surface area contributed by atoms with Gasteiger partial charge in [-0.15, -0.1) is 0 Å². The molecule has 0 bridgehead atoms. The molecule has 0 saturated carbocycles. The van der Waals surface area contributed by atoms with Crippen LogP contribution in [-0.2, 0) is 4.74 Å². The van der Waals surface area contributed by atoms with Crippen LogP contribution in [0.5, 0.6) is 11.5 Å². The van der Waals surface area contributed by atoms with Crippen molar-refractivity contribution in [3.8, 4) is 17.6 Å². The number of hydrogen-bond acceptors (Lipinski definition) is 4. The Bertz CT molecular complexity index is 804. The molecular weight excluding hydrogens is 330 g/mol. The fourth-order valence-corrected chi connectivity index (χ4v) is 2.93. The van der Waals surface area contributed by atoms with Gasteiger partial charge in [0.1, 0.15) is 17.6 Å². The first-order valence-electron chi connectivity index (χ1n) is 8.53. The third kappa shape index (κ3) is 4.32. The van der Waals surface area contributed by atoms with Gasteiger partial charge in [0.2, 0.25) is 0 Å². The van der Waals surface area contributed by atoms with Crippen LogP contribution < -0.4 is 10.1 Å². The molecule has 1 heterocycles. The van der Waals surface area contributed by atoms with E-state index in [2.05, 4.69) is 11.4 Å². The van der Waals surface area contributed by atoms with E-state index in [0.717, 1.165) is 0 Å². The average molecular weight is 351 g/mol. The number of rotatable bonds is 3. The first-order valence-corrected chi connectivity index (χ1v) is 8.53. The number of nitrogens with one attached hydrogen (secondary N) is 1. The lowest BCUT2D eigenvalue weighted by Crippen LogP contribution is -2.49. The van der Waals surface area contributed by atoms with Crippen molar-refractivity contribution in [2.24, 2.45) is 0 Å². The molecule has 1 fully saturated rings. The van der Waals surface area contributed by atoms with E-state index >= 15 is 0 Å². The minimum atomic E-state index is -0.143. The van der Waals surface area contributed by atoms with Gasteiger partial charge >= 0.3 is 6.03 Å². The second-order valence-electron chi connectivity index (χ2n) is 6.33. The standard InChI is InChI=1S/C20H21N3O3/c1-14-12-23(13-15(2)25-14)20(24)22-17-7-9-18(10-8-17)26-19-6-4-3-5-16(19)11-21/h3-10,14-15H,12-13H2,1-2H3,(H,22,24). The van der Waals surface area contributed by atoms with Crippen molar-refractivity contribution in [1.82, 2.24) is 4.90 Å². The van der Waals surface area contributed by atoms with Crippen molar-refractivity contribution in [2.45, 2.75) is 26.1 Å². The van der Waals surface area contributed by atoms with Crippen molar-refractivity contribution in [1.29, 1.82) is 5.26 Å². The number of urea groups is 1. The van der Waals surface area contributed by atoms with E-state index in [9.17, 15) is 4.79 Å². The minimum Gasteiger partial charge on any atom is -0.456 e. The number of carbonyl (C=O) groups excluding carboxylic acids is 1. The molecule has 1 aliphatic heterocycles. The predicted molar refractivity (Wildman–Crippen MR) is 98.3 cm³/mol. The first kappa shape index (κ1) is 17.8. The number of para-hydroxylation sites is 1. The monoisotopic (exact) mass is 351 g/mol. The molecule has 2 aromatic carbocycles. The third-order valence-electron chi connectivity index (χ3n) is 4.05. The molecule has 3 rings (SSSR count). The summed E-state index contributed by atoms with van der Waals surface area (Å²) in [6.07, 6.45) is 0.0564. The summed E-state index contributed by atoms with van der Waals surface area (Å²) < 4.78 is 11.4. The fourth-order valence-electron chi connectivity index (χ4n) is 2.93. The molecule has 2 atom stereocenters. The van der Waals surface area contributed by atoms with Crippen molar-refractivity contribution < 1.29 is 14.3 Å². The summed E-state index contributed by atoms with van der Waals surface area (Å²) in [4.78, 5) is 14.2. The molecular formula is C20H21N3O3. The quantitative estimate of drug-likeness (QED) is 0.907. The maximum Gasteiger partial charge on any atom is 0.322 e. The van der Waals surface area contributed by atoms with Gasteiger partial charge < -0.3 is 19.7 Å². The Morgan fingerprint density at radius 2 is 1.81 bits per heavy atom. The summed E-state index contributed by atoms with van der Waals surface area (Å²) in [5.74, 6) is 1.10. The number of anilines is 1. The second-order valence-corrected chi connectivity index (χ2v) is 6.33. The molecule has 26 heavy (non-hydrogen) atoms. The van der Waals surface area contributed by atoms with Gasteiger partial charge in [-0.3, -0.25) is 0 Å². The molecule has 6 nitrogen and oxygen atoms in total. The zero-order valence-electron chi connectivity index (χ0n) is 14.8. The van der Waals surface area contributed by atoms with Crippen LogP contribution in [0.2, 0.25) is 0 Å². The molecule has 1 saturated heterocycles. The molecule has 1 N–H and O–H groups in total. The highest BCUT2D eigenvalue weighted by molar-refractivity contribution is 5.89. The Kier molecular flexibility index (Phi) is 5.40. The number of amides is 2. The summed E-state index contributed by atoms with van der Waals surface area (Å²) in [6.45, 7) is 5.06. The highest BCUT2D eigenvalue weighted by Gasteiger charge is 2.25. The average Bonchev–Trinajstić information content (AvgIpc) is 2.63. The number of morpholine rings is 1. The molecule has 0 aliphatic carbocycles. The van der Waals surface area contributed by atoms with Gasteiger partial charge in [0, 0.05) is 18.8 Å². The SMILES string of the molecule is CC1CN(C(=O)Nc2ccc(Oc3ccccc3C#N)cc2)CC(C)O1. The lowest BCUT2D eigenvalue weighted by Gasteiger charge is -2.35. The maximum atomic E-state index is 12.4. The van der Waals surface area contributed by atoms with E-state index in [1.54, 1.807) is 47.4 Å². The van der Waals surface area contributed by atoms with E-state index < -0.39 is 0 Å². The van der Waals surface area contributed by atoms with Gasteiger partial charge in [-0.25, -0.2) is 4.79 Å². The Morgan fingerprint density at radius 3 is 2.46 bits per heavy atom. The summed E-state index contributed by atoms with van der Waals surface area (Å²) in [6, 6.07) is 16.1. The minimum absolute atomic E-state index is 0.0282. The van der Waals surface area contributed by atoms with Crippen molar-refractivity contribution in [3.05, 3.63) is 54.1 Å². The topological polar surface area (TPSA) is 74.6 Å². The van der Waals surface area contributed by atoms with E-state index in [1.165, 1.54) is 0 Å². The Labute approximate surface area is 152 Å². The van der Waals surface area contributed by atoms with Crippen LogP contribution in [-0.4, -0.2) is 36.2 Å². The molecule has 2 aromatic rings. The van der Waals surface area contributed by atoms with Crippen LogP contribution in [0.3, 0.4) is 0 Å². The maximum absolute atomic E-state index is 12.4. The normalized spacial score (nSPS) is 19.5. The second kappa shape index (κ2) is 7.89. The number of carbonyl (C=O) groups is 1. The molecule has 6 heteroatoms. The van der Waals surface area contributed by atoms with Crippen LogP contribution in [0.1, 0.15) is 19.4 Å². The van der Waals surface area contributed by atoms with Crippen molar-refractivity contribution in [2.75, 3.05) is 18.4 Å². The van der Waals surface area contributed by atoms with Crippen LogP contribution >= 0.6 is 0 Å². The van der Waals surface area contributed by atoms with E-state index in [-0.39, 0.29) is 18.2 Å². The zero-order chi connectivity index (χ0) is 18.5. The van der Waals surface area contributed by atoms with E-state index in [4.69, 9.17) is 14.7 Å². The first-order chi connectivity index (χ1) is 12.5. The molecule has 1 aliphatic rings. The Hall–Kier alpha value is -3.04. The summed E-state index contributed by atoms with van der Waals surface area (Å²) in [5.41, 5.74) is 1.16. The van der Waals surface area contributed by atoms with Crippen LogP contribution in [0.25, 0.3) is 0 Å². The van der Waals surface area contributed by atoms with Crippen LogP contribution in [0, 0.1) is 11.3 Å². The summed E-state index contributed by atoms with van der Waals surface area (Å²) >= 11 is 0. The van der Waals surface area contributed by atoms with Gasteiger partial charge in [0.05, 0.1) is 17.8 Å². The molecule has 0 aromatic heterocycles. The lowest BCUT2D eigenvalue weighted by atomic mass is 10.2. The number of nitrogens with zero attached hydrogens (tertiary/aromatic N) is 2. The smallest absolute Gasteiger partial charge is 0.322 e. The van der Waals surface area contributed by atoms with Gasteiger partial charge in [0.25, 0.3) is 0 Å². The fraction of sp³-hybridized carbons (Fsp3) is 0.300. The largest absolute Gasteiger partial charge is 0.456 e. The summed E-state index contributed by atoms with van der Waals surface area (Å²) in [7, 11) is 0. The van der Waals surface area contributed by atoms with Crippen LogP contribution in [0.15, 0.2) is 48.5 Å². The van der Waals surface area contributed by atoms with Gasteiger partial charge in [-0.2, -0.15) is 5.26 Å². The molecule has 2 amide bonds. The number of benzene rings is 2. The van der Waals surface area contributed by atoms with E-state index in [0.29, 0.717) is 35.8 Å². The molecule has 0 radical (unpaired) electrons. The number of ether oxygens (including phenoxy) is 2. The van der Waals surface area contributed by atoms with Gasteiger partial charge in [0.15, 0.2) is 0 Å². The molecule has 0 spiro atoms. The highest BCUT2D eigenvalue weighted by Crippen LogP contribution is 2.26. The summed E-state index contributed by atoms with van der Waals surface area (Å²) in [5, 5.41) is 12.0. The van der Waals surface area contributed by atoms with Crippen LogP contribution in [0.4, 0.5) is 10.5 Å². The third-order valence-corrected chi connectivity index (χ3v) is 4.05. The van der Waals surface area contributed by atoms with Crippen molar-refractivity contribution >= 4 is 11.7 Å². The lowest BCUT2D eigenvalue weighted by molar-refractivity contribution is -0.0530. The molecule has 2 unspecified atom stereocenters. The van der Waals surface area contributed by atoms with Crippen molar-refractivity contribution in [3.63, 3.8) is 0 Å². The predicted octanol–water partition coefficient (Wildman–Crippen LogP) is 3.99. The number of nitriles is 1. The van der Waals surface area contributed by atoms with Gasteiger partial charge in [-0.05, 0) is 50.2 Å². The Balaban J connectivity index is 1.63. The highest BCUT2D eigenvalue weighted by atomic mass is 16.5. The van der Waals surface area contributed by atoms with E-state index in [1.807, 2.05) is 19.9 Å². The zero-order valence-corrected chi connectivity index (χ0v) is 14.8. The van der Waals surface area contributed by atoms with Gasteiger partial charge in [-0.1, -0.05) is 12.1 Å².